The lowest BCUT2D eigenvalue weighted by molar-refractivity contribution is 0.208. The molecular formula is C25H27N5O. The molecule has 31 heavy (non-hydrogen) atoms. The highest BCUT2D eigenvalue weighted by Gasteiger charge is 2.18. The van der Waals surface area contributed by atoms with Crippen LogP contribution in [0.2, 0.25) is 0 Å². The van der Waals surface area contributed by atoms with Crippen LogP contribution < -0.4 is 15.8 Å². The van der Waals surface area contributed by atoms with E-state index in [1.54, 1.807) is 6.20 Å². The number of nitrogens with zero attached hydrogens (tertiary/aromatic N) is 2. The second-order valence-electron chi connectivity index (χ2n) is 8.06. The van der Waals surface area contributed by atoms with Crippen molar-refractivity contribution < 1.29 is 4.74 Å². The minimum atomic E-state index is 0.519. The van der Waals surface area contributed by atoms with Crippen LogP contribution in [-0.4, -0.2) is 34.6 Å². The van der Waals surface area contributed by atoms with Crippen molar-refractivity contribution in [1.29, 1.82) is 0 Å². The second kappa shape index (κ2) is 8.88. The van der Waals surface area contributed by atoms with Crippen molar-refractivity contribution in [1.82, 2.24) is 20.3 Å². The van der Waals surface area contributed by atoms with E-state index in [2.05, 4.69) is 40.6 Å². The van der Waals surface area contributed by atoms with Gasteiger partial charge in [0.1, 0.15) is 5.69 Å². The fraction of sp³-hybridized carbons (Fsp3) is 0.280. The molecule has 2 aromatic carbocycles. The summed E-state index contributed by atoms with van der Waals surface area (Å²) < 4.78 is 6.10. The van der Waals surface area contributed by atoms with Crippen molar-refractivity contribution in [3.63, 3.8) is 0 Å². The maximum Gasteiger partial charge on any atom is 0.232 e. The maximum absolute atomic E-state index is 6.10. The number of benzene rings is 2. The van der Waals surface area contributed by atoms with Crippen molar-refractivity contribution in [3.8, 4) is 28.4 Å². The van der Waals surface area contributed by atoms with Crippen molar-refractivity contribution in [2.24, 2.45) is 11.7 Å². The van der Waals surface area contributed by atoms with Crippen LogP contribution in [-0.2, 0) is 6.54 Å². The topological polar surface area (TPSA) is 88.8 Å². The number of nitrogens with one attached hydrogen (secondary N) is 2. The Bertz CT molecular complexity index is 1160. The van der Waals surface area contributed by atoms with Gasteiger partial charge in [0.05, 0.1) is 18.5 Å². The number of hydrogen-bond acceptors (Lipinski definition) is 5. The largest absolute Gasteiger partial charge is 0.476 e. The molecule has 0 atom stereocenters. The van der Waals surface area contributed by atoms with E-state index in [0.29, 0.717) is 24.9 Å². The van der Waals surface area contributed by atoms with Crippen LogP contribution in [0.5, 0.6) is 5.88 Å². The average molecular weight is 414 g/mol. The van der Waals surface area contributed by atoms with Crippen molar-refractivity contribution in [2.45, 2.75) is 19.4 Å². The Morgan fingerprint density at radius 1 is 1.00 bits per heavy atom. The Morgan fingerprint density at radius 2 is 1.84 bits per heavy atom. The van der Waals surface area contributed by atoms with Crippen LogP contribution in [0, 0.1) is 5.92 Å². The zero-order chi connectivity index (χ0) is 21.0. The van der Waals surface area contributed by atoms with E-state index >= 15 is 0 Å². The molecule has 0 spiro atoms. The lowest BCUT2D eigenvalue weighted by Crippen LogP contribution is -2.30. The summed E-state index contributed by atoms with van der Waals surface area (Å²) in [6.07, 6.45) is 5.96. The van der Waals surface area contributed by atoms with Crippen LogP contribution in [0.3, 0.4) is 0 Å². The van der Waals surface area contributed by atoms with Gasteiger partial charge in [-0.05, 0) is 49.5 Å². The first-order valence-electron chi connectivity index (χ1n) is 10.9. The van der Waals surface area contributed by atoms with E-state index in [1.807, 2.05) is 24.4 Å². The van der Waals surface area contributed by atoms with Gasteiger partial charge >= 0.3 is 0 Å². The zero-order valence-corrected chi connectivity index (χ0v) is 17.5. The molecule has 4 N–H and O–H groups in total. The Hall–Kier alpha value is -3.22. The SMILES string of the molecule is NCc1ccc(-c2ncc(OCC3CCNCC3)nc2-c2cccc3[nH]ccc23)cc1. The summed E-state index contributed by atoms with van der Waals surface area (Å²) in [5.74, 6) is 1.13. The van der Waals surface area contributed by atoms with Crippen LogP contribution in [0.1, 0.15) is 18.4 Å². The average Bonchev–Trinajstić information content (AvgIpc) is 3.32. The summed E-state index contributed by atoms with van der Waals surface area (Å²) >= 11 is 0. The monoisotopic (exact) mass is 413 g/mol. The highest BCUT2D eigenvalue weighted by molar-refractivity contribution is 5.97. The number of aromatic amines is 1. The van der Waals surface area contributed by atoms with Crippen LogP contribution in [0.4, 0.5) is 0 Å². The molecule has 3 heterocycles. The Kier molecular flexibility index (Phi) is 5.65. The van der Waals surface area contributed by atoms with Gasteiger partial charge in [-0.15, -0.1) is 0 Å². The summed E-state index contributed by atoms with van der Waals surface area (Å²) in [5, 5.41) is 4.52. The van der Waals surface area contributed by atoms with Gasteiger partial charge in [0.15, 0.2) is 0 Å². The molecule has 0 bridgehead atoms. The van der Waals surface area contributed by atoms with Gasteiger partial charge in [-0.3, -0.25) is 0 Å². The number of aromatic nitrogens is 3. The van der Waals surface area contributed by atoms with Gasteiger partial charge in [0, 0.05) is 34.8 Å². The van der Waals surface area contributed by atoms with E-state index in [4.69, 9.17) is 20.4 Å². The predicted octanol–water partition coefficient (Wildman–Crippen LogP) is 4.13. The van der Waals surface area contributed by atoms with E-state index in [9.17, 15) is 0 Å². The number of H-pyrrole nitrogens is 1. The van der Waals surface area contributed by atoms with Gasteiger partial charge in [-0.25, -0.2) is 9.97 Å². The summed E-state index contributed by atoms with van der Waals surface area (Å²) in [6.45, 7) is 3.30. The van der Waals surface area contributed by atoms with E-state index < -0.39 is 0 Å². The fourth-order valence-corrected chi connectivity index (χ4v) is 4.18. The summed E-state index contributed by atoms with van der Waals surface area (Å²) in [5.41, 5.74) is 11.7. The predicted molar refractivity (Wildman–Crippen MR) is 124 cm³/mol. The van der Waals surface area contributed by atoms with Crippen molar-refractivity contribution in [3.05, 3.63) is 66.5 Å². The molecule has 0 unspecified atom stereocenters. The highest BCUT2D eigenvalue weighted by Crippen LogP contribution is 2.34. The Balaban J connectivity index is 1.54. The van der Waals surface area contributed by atoms with E-state index in [0.717, 1.165) is 64.9 Å². The molecular weight excluding hydrogens is 386 g/mol. The molecule has 1 aliphatic rings. The molecule has 1 aliphatic heterocycles. The summed E-state index contributed by atoms with van der Waals surface area (Å²) in [6, 6.07) is 16.5. The number of fused-ring (bicyclic) bond motifs is 1. The lowest BCUT2D eigenvalue weighted by atomic mass is 9.99. The molecule has 2 aromatic heterocycles. The zero-order valence-electron chi connectivity index (χ0n) is 17.5. The molecule has 0 saturated carbocycles. The second-order valence-corrected chi connectivity index (χ2v) is 8.06. The summed E-state index contributed by atoms with van der Waals surface area (Å²) in [7, 11) is 0. The first kappa shape index (κ1) is 19.7. The third-order valence-corrected chi connectivity index (χ3v) is 5.99. The molecule has 1 saturated heterocycles. The molecule has 0 aliphatic carbocycles. The third-order valence-electron chi connectivity index (χ3n) is 5.99. The highest BCUT2D eigenvalue weighted by atomic mass is 16.5. The Morgan fingerprint density at radius 3 is 2.65 bits per heavy atom. The van der Waals surface area contributed by atoms with Crippen LogP contribution >= 0.6 is 0 Å². The van der Waals surface area contributed by atoms with E-state index in [1.165, 1.54) is 0 Å². The third kappa shape index (κ3) is 4.17. The van der Waals surface area contributed by atoms with Crippen molar-refractivity contribution in [2.75, 3.05) is 19.7 Å². The fourth-order valence-electron chi connectivity index (χ4n) is 4.18. The molecule has 158 valence electrons. The normalized spacial score (nSPS) is 14.7. The minimum absolute atomic E-state index is 0.519. The number of nitrogens with two attached hydrogens (primary N) is 1. The van der Waals surface area contributed by atoms with Gasteiger partial charge < -0.3 is 20.8 Å². The van der Waals surface area contributed by atoms with E-state index in [-0.39, 0.29) is 0 Å². The first-order valence-corrected chi connectivity index (χ1v) is 10.9. The molecule has 0 amide bonds. The van der Waals surface area contributed by atoms with Crippen molar-refractivity contribution >= 4 is 10.9 Å². The number of ether oxygens (including phenoxy) is 1. The van der Waals surface area contributed by atoms with Crippen LogP contribution in [0.25, 0.3) is 33.4 Å². The Labute approximate surface area is 181 Å². The van der Waals surface area contributed by atoms with Gasteiger partial charge in [0.2, 0.25) is 5.88 Å². The van der Waals surface area contributed by atoms with Gasteiger partial charge in [0.25, 0.3) is 0 Å². The quantitative estimate of drug-likeness (QED) is 0.442. The number of rotatable bonds is 6. The van der Waals surface area contributed by atoms with Crippen LogP contribution in [0.15, 0.2) is 60.9 Å². The minimum Gasteiger partial charge on any atom is -0.476 e. The molecule has 6 heteroatoms. The molecule has 6 nitrogen and oxygen atoms in total. The smallest absolute Gasteiger partial charge is 0.232 e. The number of piperidine rings is 1. The molecule has 4 aromatic rings. The van der Waals surface area contributed by atoms with Gasteiger partial charge in [-0.2, -0.15) is 0 Å². The molecule has 5 rings (SSSR count). The van der Waals surface area contributed by atoms with Gasteiger partial charge in [-0.1, -0.05) is 36.4 Å². The first-order chi connectivity index (χ1) is 15.3. The number of hydrogen-bond donors (Lipinski definition) is 3. The molecule has 0 radical (unpaired) electrons. The molecule has 1 fully saturated rings. The summed E-state index contributed by atoms with van der Waals surface area (Å²) in [4.78, 5) is 13.0. The lowest BCUT2D eigenvalue weighted by Gasteiger charge is -2.22. The standard InChI is InChI=1S/C25H27N5O/c26-14-17-4-6-19(7-5-17)24-25(21-2-1-3-22-20(21)10-13-28-22)30-23(15-29-24)31-16-18-8-11-27-12-9-18/h1-7,10,13,15,18,27-28H,8-9,11-12,14,16,26H2. The maximum atomic E-state index is 6.10.